The van der Waals surface area contributed by atoms with Crippen LogP contribution < -0.4 is 9.64 Å². The summed E-state index contributed by atoms with van der Waals surface area (Å²) in [6, 6.07) is 6.79. The number of carbonyl (C=O) groups excluding carboxylic acids is 1. The van der Waals surface area contributed by atoms with Gasteiger partial charge in [0.05, 0.1) is 11.9 Å². The number of nitrogens with zero attached hydrogens (tertiary/aromatic N) is 3. The maximum absolute atomic E-state index is 13.3. The molecule has 1 aliphatic carbocycles. The van der Waals surface area contributed by atoms with Gasteiger partial charge in [0.2, 0.25) is 11.7 Å². The smallest absolute Gasteiger partial charge is 0.449 e. The van der Waals surface area contributed by atoms with Crippen LogP contribution in [0, 0.1) is 11.8 Å². The van der Waals surface area contributed by atoms with Crippen LogP contribution >= 0.6 is 11.6 Å². The molecule has 1 aliphatic rings. The first-order chi connectivity index (χ1) is 13.8. The van der Waals surface area contributed by atoms with Crippen LogP contribution in [-0.2, 0) is 4.79 Å². The molecule has 1 saturated carbocycles. The lowest BCUT2D eigenvalue weighted by molar-refractivity contribution is -0.124. The second-order valence-electron chi connectivity index (χ2n) is 7.87. The molecular formula is C21H26ClN3O4. The minimum atomic E-state index is -1.46. The van der Waals surface area contributed by atoms with Crippen molar-refractivity contribution in [1.29, 1.82) is 0 Å². The van der Waals surface area contributed by atoms with E-state index in [1.54, 1.807) is 29.2 Å². The molecule has 0 atom stereocenters. The zero-order chi connectivity index (χ0) is 21.1. The topological polar surface area (TPSA) is 84.7 Å². The van der Waals surface area contributed by atoms with E-state index in [0.717, 1.165) is 25.7 Å². The van der Waals surface area contributed by atoms with Crippen molar-refractivity contribution in [2.45, 2.75) is 52.5 Å². The molecule has 0 bridgehead atoms. The first-order valence-corrected chi connectivity index (χ1v) is 10.2. The van der Waals surface area contributed by atoms with E-state index < -0.39 is 6.16 Å². The van der Waals surface area contributed by atoms with Gasteiger partial charge in [0.1, 0.15) is 0 Å². The zero-order valence-corrected chi connectivity index (χ0v) is 17.6. The van der Waals surface area contributed by atoms with Crippen LogP contribution in [-0.4, -0.2) is 33.0 Å². The summed E-state index contributed by atoms with van der Waals surface area (Å²) in [6.45, 7) is 5.96. The van der Waals surface area contributed by atoms with Gasteiger partial charge in [-0.2, -0.15) is 0 Å². The number of rotatable bonds is 5. The first-order valence-electron chi connectivity index (χ1n) is 9.85. The Labute approximate surface area is 175 Å². The van der Waals surface area contributed by atoms with E-state index in [4.69, 9.17) is 21.4 Å². The molecule has 1 heterocycles. The summed E-state index contributed by atoms with van der Waals surface area (Å²) >= 11 is 6.07. The minimum Gasteiger partial charge on any atom is -0.449 e. The van der Waals surface area contributed by atoms with E-state index in [1.807, 2.05) is 13.8 Å². The second-order valence-corrected chi connectivity index (χ2v) is 8.30. The lowest BCUT2D eigenvalue weighted by Gasteiger charge is -2.32. The highest BCUT2D eigenvalue weighted by Gasteiger charge is 2.34. The molecule has 0 radical (unpaired) electrons. The quantitative estimate of drug-likeness (QED) is 0.677. The maximum atomic E-state index is 13.3. The number of aromatic nitrogens is 2. The first kappa shape index (κ1) is 21.2. The van der Waals surface area contributed by atoms with E-state index >= 15 is 0 Å². The van der Waals surface area contributed by atoms with Crippen molar-refractivity contribution in [3.05, 3.63) is 35.5 Å². The molecule has 1 aromatic carbocycles. The molecule has 2 aromatic rings. The number of hydrogen-bond donors (Lipinski definition) is 1. The Morgan fingerprint density at radius 1 is 1.28 bits per heavy atom. The molecule has 1 amide bonds. The zero-order valence-electron chi connectivity index (χ0n) is 16.8. The van der Waals surface area contributed by atoms with Crippen molar-refractivity contribution >= 4 is 29.5 Å². The van der Waals surface area contributed by atoms with E-state index in [2.05, 4.69) is 12.0 Å². The number of halogens is 1. The van der Waals surface area contributed by atoms with Crippen molar-refractivity contribution in [3.8, 4) is 11.4 Å². The van der Waals surface area contributed by atoms with Crippen molar-refractivity contribution in [2.75, 3.05) is 4.90 Å². The molecule has 0 spiro atoms. The monoisotopic (exact) mass is 419 g/mol. The fourth-order valence-corrected chi connectivity index (χ4v) is 3.92. The fraction of sp³-hybridized carbons (Fsp3) is 0.476. The number of carboxylic acid groups (broad SMARTS) is 1. The van der Waals surface area contributed by atoms with Gasteiger partial charge in [-0.1, -0.05) is 24.6 Å². The summed E-state index contributed by atoms with van der Waals surface area (Å²) in [5, 5.41) is 14.2. The molecule has 1 N–H and O–H groups in total. The predicted molar refractivity (Wildman–Crippen MR) is 111 cm³/mol. The van der Waals surface area contributed by atoms with Crippen LogP contribution in [0.25, 0.3) is 5.69 Å². The normalized spacial score (nSPS) is 19.2. The van der Waals surface area contributed by atoms with Gasteiger partial charge in [-0.05, 0) is 63.6 Å². The number of amides is 1. The second kappa shape index (κ2) is 8.86. The molecule has 1 aromatic heterocycles. The van der Waals surface area contributed by atoms with Gasteiger partial charge in [0.15, 0.2) is 5.75 Å². The Morgan fingerprint density at radius 2 is 1.97 bits per heavy atom. The molecule has 7 nitrogen and oxygen atoms in total. The SMILES string of the molecule is CC1CCC(C(=O)N(c2nn(-c3cccc(Cl)c3)cc2OC(=O)O)C(C)C)CC1. The third-order valence-corrected chi connectivity index (χ3v) is 5.51. The summed E-state index contributed by atoms with van der Waals surface area (Å²) in [5.74, 6) is 0.704. The molecule has 0 unspecified atom stereocenters. The van der Waals surface area contributed by atoms with Crippen molar-refractivity contribution in [3.63, 3.8) is 0 Å². The molecule has 156 valence electrons. The summed E-state index contributed by atoms with van der Waals surface area (Å²) in [6.07, 6.45) is 3.68. The Hall–Kier alpha value is -2.54. The summed E-state index contributed by atoms with van der Waals surface area (Å²) in [7, 11) is 0. The average Bonchev–Trinajstić information content (AvgIpc) is 3.05. The lowest BCUT2D eigenvalue weighted by atomic mass is 9.82. The lowest BCUT2D eigenvalue weighted by Crippen LogP contribution is -2.42. The molecule has 3 rings (SSSR count). The highest BCUT2D eigenvalue weighted by atomic mass is 35.5. The Balaban J connectivity index is 2.00. The van der Waals surface area contributed by atoms with Crippen LogP contribution in [0.5, 0.6) is 5.75 Å². The van der Waals surface area contributed by atoms with Gasteiger partial charge in [-0.25, -0.2) is 9.48 Å². The number of ether oxygens (including phenoxy) is 1. The Morgan fingerprint density at radius 3 is 2.55 bits per heavy atom. The average molecular weight is 420 g/mol. The van der Waals surface area contributed by atoms with Crippen LogP contribution in [0.15, 0.2) is 30.5 Å². The molecule has 8 heteroatoms. The Kier molecular flexibility index (Phi) is 6.47. The highest BCUT2D eigenvalue weighted by Crippen LogP contribution is 2.35. The van der Waals surface area contributed by atoms with Crippen molar-refractivity contribution < 1.29 is 19.4 Å². The fourth-order valence-electron chi connectivity index (χ4n) is 3.74. The van der Waals surface area contributed by atoms with Gasteiger partial charge in [0, 0.05) is 17.0 Å². The molecule has 29 heavy (non-hydrogen) atoms. The van der Waals surface area contributed by atoms with Gasteiger partial charge in [0.25, 0.3) is 0 Å². The van der Waals surface area contributed by atoms with Gasteiger partial charge in [-0.3, -0.25) is 9.69 Å². The summed E-state index contributed by atoms with van der Waals surface area (Å²) in [4.78, 5) is 26.1. The number of carbonyl (C=O) groups is 2. The maximum Gasteiger partial charge on any atom is 0.511 e. The van der Waals surface area contributed by atoms with E-state index in [9.17, 15) is 9.59 Å². The number of anilines is 1. The number of benzene rings is 1. The standard InChI is InChI=1S/C21H26ClN3O4/c1-13(2)25(20(26)15-9-7-14(3)8-10-15)19-18(29-21(27)28)12-24(23-19)17-6-4-5-16(22)11-17/h4-6,11-15H,7-10H2,1-3H3,(H,27,28). The van der Waals surface area contributed by atoms with Gasteiger partial charge >= 0.3 is 6.16 Å². The third-order valence-electron chi connectivity index (χ3n) is 5.28. The molecule has 0 aliphatic heterocycles. The van der Waals surface area contributed by atoms with Crippen LogP contribution in [0.4, 0.5) is 10.6 Å². The summed E-state index contributed by atoms with van der Waals surface area (Å²) < 4.78 is 6.45. The van der Waals surface area contributed by atoms with E-state index in [1.165, 1.54) is 10.9 Å². The van der Waals surface area contributed by atoms with Gasteiger partial charge in [-0.15, -0.1) is 5.10 Å². The number of hydrogen-bond acceptors (Lipinski definition) is 4. The van der Waals surface area contributed by atoms with Gasteiger partial charge < -0.3 is 9.84 Å². The van der Waals surface area contributed by atoms with Crippen LogP contribution in [0.1, 0.15) is 46.5 Å². The van der Waals surface area contributed by atoms with Crippen molar-refractivity contribution in [1.82, 2.24) is 9.78 Å². The van der Waals surface area contributed by atoms with E-state index in [0.29, 0.717) is 16.6 Å². The molecular weight excluding hydrogens is 394 g/mol. The highest BCUT2D eigenvalue weighted by molar-refractivity contribution is 6.30. The van der Waals surface area contributed by atoms with Crippen LogP contribution in [0.3, 0.4) is 0 Å². The largest absolute Gasteiger partial charge is 0.511 e. The molecule has 1 fully saturated rings. The van der Waals surface area contributed by atoms with Crippen LogP contribution in [0.2, 0.25) is 5.02 Å². The van der Waals surface area contributed by atoms with E-state index in [-0.39, 0.29) is 29.4 Å². The minimum absolute atomic E-state index is 0.0173. The van der Waals surface area contributed by atoms with Crippen molar-refractivity contribution in [2.24, 2.45) is 11.8 Å². The Bertz CT molecular complexity index is 888. The third kappa shape index (κ3) is 4.90. The summed E-state index contributed by atoms with van der Waals surface area (Å²) in [5.41, 5.74) is 0.640. The molecule has 0 saturated heterocycles. The predicted octanol–water partition coefficient (Wildman–Crippen LogP) is 5.15.